The third-order valence-corrected chi connectivity index (χ3v) is 5.32. The molecule has 1 aliphatic carbocycles. The van der Waals surface area contributed by atoms with Crippen molar-refractivity contribution in [2.24, 2.45) is 17.7 Å². The molecule has 14 heavy (non-hydrogen) atoms. The maximum absolute atomic E-state index is 5.65. The highest BCUT2D eigenvalue weighted by molar-refractivity contribution is 7.44. The Hall–Kier alpha value is 0.270. The summed E-state index contributed by atoms with van der Waals surface area (Å²) >= 11 is 0. The van der Waals surface area contributed by atoms with Gasteiger partial charge in [-0.2, -0.15) is 0 Å². The quantitative estimate of drug-likeness (QED) is 0.534. The van der Waals surface area contributed by atoms with Crippen LogP contribution in [0.15, 0.2) is 0 Å². The molecular formula is C9H17N2O2P. The second-order valence-electron chi connectivity index (χ2n) is 4.54. The van der Waals surface area contributed by atoms with E-state index < -0.39 is 8.53 Å². The van der Waals surface area contributed by atoms with Crippen LogP contribution in [0.3, 0.4) is 0 Å². The van der Waals surface area contributed by atoms with E-state index in [0.29, 0.717) is 6.04 Å². The number of nitrogens with two attached hydrogens (primary N) is 1. The number of nitrogens with zero attached hydrogens (tertiary/aromatic N) is 1. The van der Waals surface area contributed by atoms with Gasteiger partial charge in [0.2, 0.25) is 0 Å². The Morgan fingerprint density at radius 3 is 3.07 bits per heavy atom. The zero-order valence-electron chi connectivity index (χ0n) is 8.26. The molecule has 2 saturated heterocycles. The highest BCUT2D eigenvalue weighted by Gasteiger charge is 2.49. The van der Waals surface area contributed by atoms with Crippen LogP contribution < -0.4 is 5.90 Å². The van der Waals surface area contributed by atoms with Gasteiger partial charge in [0.05, 0.1) is 6.61 Å². The summed E-state index contributed by atoms with van der Waals surface area (Å²) in [7, 11) is -0.924. The predicted octanol–water partition coefficient (Wildman–Crippen LogP) is 1.62. The molecule has 2 aliphatic heterocycles. The average molecular weight is 216 g/mol. The van der Waals surface area contributed by atoms with Crippen LogP contribution in [0.4, 0.5) is 0 Å². The van der Waals surface area contributed by atoms with E-state index in [2.05, 4.69) is 4.67 Å². The van der Waals surface area contributed by atoms with Crippen LogP contribution in [-0.4, -0.2) is 23.9 Å². The molecule has 0 radical (unpaired) electrons. The van der Waals surface area contributed by atoms with Crippen LogP contribution in [-0.2, 0) is 9.15 Å². The molecule has 3 aliphatic rings. The molecule has 0 aromatic carbocycles. The number of rotatable bonds is 1. The van der Waals surface area contributed by atoms with Crippen molar-refractivity contribution in [2.45, 2.75) is 31.7 Å². The summed E-state index contributed by atoms with van der Waals surface area (Å²) in [6.07, 6.45) is 5.45. The molecule has 2 N–H and O–H groups in total. The van der Waals surface area contributed by atoms with Gasteiger partial charge in [0.1, 0.15) is 0 Å². The fourth-order valence-electron chi connectivity index (χ4n) is 3.26. The van der Waals surface area contributed by atoms with Gasteiger partial charge in [-0.15, -0.1) is 0 Å². The Bertz CT molecular complexity index is 229. The summed E-state index contributed by atoms with van der Waals surface area (Å²) in [5.41, 5.74) is 0. The molecule has 0 spiro atoms. The summed E-state index contributed by atoms with van der Waals surface area (Å²) in [6.45, 7) is 2.01. The maximum atomic E-state index is 5.65. The van der Waals surface area contributed by atoms with E-state index in [-0.39, 0.29) is 0 Å². The molecule has 80 valence electrons. The van der Waals surface area contributed by atoms with E-state index in [0.717, 1.165) is 25.0 Å². The fourth-order valence-corrected chi connectivity index (χ4v) is 4.78. The molecule has 4 nitrogen and oxygen atoms in total. The Labute approximate surface area is 85.7 Å². The second-order valence-corrected chi connectivity index (χ2v) is 6.00. The Morgan fingerprint density at radius 2 is 2.21 bits per heavy atom. The standard InChI is InChI=1S/C9H17N2O2P/c10-13-14-11-5-7(6-12-14)8-3-1-2-4-9(8)11/h7-9H,1-6,10H2/t7-,8+,9?,14-/m0/s1. The van der Waals surface area contributed by atoms with Crippen LogP contribution in [0.5, 0.6) is 0 Å². The minimum absolute atomic E-state index is 0.700. The van der Waals surface area contributed by atoms with E-state index in [1.54, 1.807) is 0 Å². The maximum Gasteiger partial charge on any atom is 0.276 e. The van der Waals surface area contributed by atoms with Crippen LogP contribution in [0, 0.1) is 11.8 Å². The van der Waals surface area contributed by atoms with Gasteiger partial charge in [0.15, 0.2) is 0 Å². The fraction of sp³-hybridized carbons (Fsp3) is 1.00. The third-order valence-electron chi connectivity index (χ3n) is 3.89. The van der Waals surface area contributed by atoms with Crippen LogP contribution in [0.2, 0.25) is 0 Å². The summed E-state index contributed by atoms with van der Waals surface area (Å²) < 4.78 is 13.0. The Kier molecular flexibility index (Phi) is 2.50. The van der Waals surface area contributed by atoms with Gasteiger partial charge in [0, 0.05) is 18.5 Å². The topological polar surface area (TPSA) is 47.7 Å². The molecule has 2 heterocycles. The zero-order valence-corrected chi connectivity index (χ0v) is 9.16. The van der Waals surface area contributed by atoms with Gasteiger partial charge >= 0.3 is 0 Å². The highest BCUT2D eigenvalue weighted by atomic mass is 31.2. The van der Waals surface area contributed by atoms with Crippen molar-refractivity contribution >= 4 is 8.53 Å². The van der Waals surface area contributed by atoms with Gasteiger partial charge in [0.25, 0.3) is 8.53 Å². The molecule has 0 aromatic rings. The monoisotopic (exact) mass is 216 g/mol. The Balaban J connectivity index is 1.81. The first-order valence-corrected chi connectivity index (χ1v) is 6.59. The lowest BCUT2D eigenvalue weighted by atomic mass is 9.80. The largest absolute Gasteiger partial charge is 0.321 e. The molecule has 3 rings (SSSR count). The summed E-state index contributed by atoms with van der Waals surface area (Å²) in [5.74, 6) is 6.87. The summed E-state index contributed by atoms with van der Waals surface area (Å²) in [6, 6.07) is 0.700. The smallest absolute Gasteiger partial charge is 0.276 e. The molecule has 2 bridgehead atoms. The molecule has 3 fully saturated rings. The van der Waals surface area contributed by atoms with Gasteiger partial charge in [-0.05, 0) is 18.8 Å². The SMILES string of the molecule is NO[P@]1OC[C@@H]2CN1C1CCCC[C@@H]12. The Morgan fingerprint density at radius 1 is 1.36 bits per heavy atom. The molecule has 0 amide bonds. The van der Waals surface area contributed by atoms with Crippen LogP contribution >= 0.6 is 8.53 Å². The van der Waals surface area contributed by atoms with E-state index >= 15 is 0 Å². The van der Waals surface area contributed by atoms with Gasteiger partial charge in [-0.1, -0.05) is 12.8 Å². The zero-order chi connectivity index (χ0) is 9.54. The first kappa shape index (κ1) is 9.49. The van der Waals surface area contributed by atoms with Crippen molar-refractivity contribution in [1.82, 2.24) is 4.67 Å². The number of fused-ring (bicyclic) bond motifs is 5. The van der Waals surface area contributed by atoms with E-state index in [9.17, 15) is 0 Å². The molecular weight excluding hydrogens is 199 g/mol. The van der Waals surface area contributed by atoms with Gasteiger partial charge in [-0.3, -0.25) is 0 Å². The van der Waals surface area contributed by atoms with Crippen molar-refractivity contribution in [1.29, 1.82) is 0 Å². The minimum Gasteiger partial charge on any atom is -0.321 e. The normalized spacial score (nSPS) is 51.6. The minimum atomic E-state index is -0.924. The lowest BCUT2D eigenvalue weighted by Crippen LogP contribution is -2.32. The van der Waals surface area contributed by atoms with Crippen molar-refractivity contribution < 1.29 is 9.15 Å². The molecule has 5 atom stereocenters. The predicted molar refractivity (Wildman–Crippen MR) is 54.1 cm³/mol. The second kappa shape index (κ2) is 3.69. The first-order chi connectivity index (χ1) is 6.90. The first-order valence-electron chi connectivity index (χ1n) is 5.46. The van der Waals surface area contributed by atoms with Gasteiger partial charge < -0.3 is 4.52 Å². The van der Waals surface area contributed by atoms with Crippen molar-refractivity contribution in [2.75, 3.05) is 13.2 Å². The lowest BCUT2D eigenvalue weighted by Gasteiger charge is -2.32. The summed E-state index contributed by atoms with van der Waals surface area (Å²) in [4.78, 5) is 0. The number of hydrogen-bond acceptors (Lipinski definition) is 4. The van der Waals surface area contributed by atoms with E-state index in [1.165, 1.54) is 25.7 Å². The molecule has 2 unspecified atom stereocenters. The van der Waals surface area contributed by atoms with Crippen molar-refractivity contribution in [3.8, 4) is 0 Å². The van der Waals surface area contributed by atoms with Crippen LogP contribution in [0.25, 0.3) is 0 Å². The van der Waals surface area contributed by atoms with E-state index in [1.807, 2.05) is 0 Å². The van der Waals surface area contributed by atoms with Crippen molar-refractivity contribution in [3.63, 3.8) is 0 Å². The highest BCUT2D eigenvalue weighted by Crippen LogP contribution is 2.56. The number of hydrogen-bond donors (Lipinski definition) is 1. The van der Waals surface area contributed by atoms with Crippen molar-refractivity contribution in [3.05, 3.63) is 0 Å². The van der Waals surface area contributed by atoms with Crippen LogP contribution in [0.1, 0.15) is 25.7 Å². The average Bonchev–Trinajstić information content (AvgIpc) is 2.55. The molecule has 5 heteroatoms. The third kappa shape index (κ3) is 1.33. The van der Waals surface area contributed by atoms with Gasteiger partial charge in [-0.25, -0.2) is 15.2 Å². The lowest BCUT2D eigenvalue weighted by molar-refractivity contribution is 0.157. The summed E-state index contributed by atoms with van der Waals surface area (Å²) in [5, 5.41) is 0. The molecule has 1 saturated carbocycles. The molecule has 0 aromatic heterocycles. The van der Waals surface area contributed by atoms with E-state index in [4.69, 9.17) is 15.0 Å².